The van der Waals surface area contributed by atoms with Gasteiger partial charge in [-0.3, -0.25) is 0 Å². The minimum Gasteiger partial charge on any atom is -0.423 e. The van der Waals surface area contributed by atoms with E-state index in [4.69, 9.17) is 4.74 Å². The monoisotopic (exact) mass is 396 g/mol. The van der Waals surface area contributed by atoms with Crippen molar-refractivity contribution in [3.63, 3.8) is 0 Å². The van der Waals surface area contributed by atoms with Gasteiger partial charge >= 0.3 is 5.97 Å². The molecule has 0 aromatic heterocycles. The van der Waals surface area contributed by atoms with Crippen LogP contribution in [0.25, 0.3) is 0 Å². The summed E-state index contributed by atoms with van der Waals surface area (Å²) in [6.07, 6.45) is 10.4. The molecule has 29 heavy (non-hydrogen) atoms. The Balaban J connectivity index is 1.59. The van der Waals surface area contributed by atoms with Crippen LogP contribution < -0.4 is 4.74 Å². The highest BCUT2D eigenvalue weighted by Crippen LogP contribution is 2.37. The quantitative estimate of drug-likeness (QED) is 0.263. The first-order chi connectivity index (χ1) is 14.1. The fourth-order valence-electron chi connectivity index (χ4n) is 4.32. The van der Waals surface area contributed by atoms with Crippen molar-refractivity contribution in [3.8, 4) is 5.75 Å². The van der Waals surface area contributed by atoms with Crippen LogP contribution in [0.5, 0.6) is 5.75 Å². The normalized spacial score (nSPS) is 19.1. The van der Waals surface area contributed by atoms with Crippen molar-refractivity contribution in [2.24, 2.45) is 5.92 Å². The van der Waals surface area contributed by atoms with E-state index in [1.165, 1.54) is 43.7 Å². The van der Waals surface area contributed by atoms with E-state index in [0.29, 0.717) is 11.7 Å². The number of hydrogen-bond donors (Lipinski definition) is 0. The maximum atomic E-state index is 14.6. The maximum absolute atomic E-state index is 14.6. The van der Waals surface area contributed by atoms with Gasteiger partial charge in [-0.2, -0.15) is 0 Å². The van der Waals surface area contributed by atoms with Crippen LogP contribution in [0.4, 0.5) is 4.39 Å². The molecule has 2 aromatic carbocycles. The summed E-state index contributed by atoms with van der Waals surface area (Å²) >= 11 is 0. The summed E-state index contributed by atoms with van der Waals surface area (Å²) in [5.41, 5.74) is 2.24. The Bertz CT molecular complexity index is 789. The molecule has 0 amide bonds. The van der Waals surface area contributed by atoms with Crippen LogP contribution in [0.2, 0.25) is 0 Å². The number of benzene rings is 2. The van der Waals surface area contributed by atoms with E-state index < -0.39 is 11.8 Å². The Morgan fingerprint density at radius 3 is 2.34 bits per heavy atom. The van der Waals surface area contributed by atoms with Gasteiger partial charge in [0.25, 0.3) is 0 Å². The van der Waals surface area contributed by atoms with E-state index in [9.17, 15) is 9.18 Å². The van der Waals surface area contributed by atoms with Gasteiger partial charge in [0.2, 0.25) is 0 Å². The predicted molar refractivity (Wildman–Crippen MR) is 116 cm³/mol. The fraction of sp³-hybridized carbons (Fsp3) is 0.500. The number of carbonyl (C=O) groups excluding carboxylic acids is 1. The first-order valence-electron chi connectivity index (χ1n) is 11.2. The molecule has 2 aromatic rings. The molecular formula is C26H33FO2. The smallest absolute Gasteiger partial charge is 0.346 e. The van der Waals surface area contributed by atoms with Crippen LogP contribution in [0.1, 0.15) is 92.6 Å². The fourth-order valence-corrected chi connectivity index (χ4v) is 4.32. The zero-order valence-electron chi connectivity index (χ0n) is 17.8. The molecule has 0 bridgehead atoms. The largest absolute Gasteiger partial charge is 0.423 e. The highest BCUT2D eigenvalue weighted by molar-refractivity contribution is 5.91. The SMILES string of the molecule is CCCCCc1ccc(OC(=O)c2ccc(C3CCC(CC)CC3)cc2F)cc1. The van der Waals surface area contributed by atoms with Crippen molar-refractivity contribution in [1.29, 1.82) is 0 Å². The Labute approximate surface area is 174 Å². The molecule has 1 fully saturated rings. The van der Waals surface area contributed by atoms with E-state index in [0.717, 1.165) is 37.2 Å². The van der Waals surface area contributed by atoms with Crippen molar-refractivity contribution in [3.05, 3.63) is 65.0 Å². The Hall–Kier alpha value is -2.16. The molecule has 0 aliphatic heterocycles. The zero-order chi connectivity index (χ0) is 20.6. The van der Waals surface area contributed by atoms with Crippen molar-refractivity contribution in [2.45, 2.75) is 77.6 Å². The molecule has 0 heterocycles. The number of esters is 1. The molecule has 0 unspecified atom stereocenters. The zero-order valence-corrected chi connectivity index (χ0v) is 17.8. The number of carbonyl (C=O) groups is 1. The average molecular weight is 397 g/mol. The van der Waals surface area contributed by atoms with Crippen molar-refractivity contribution >= 4 is 5.97 Å². The van der Waals surface area contributed by atoms with E-state index in [2.05, 4.69) is 13.8 Å². The summed E-state index contributed by atoms with van der Waals surface area (Å²) in [6.45, 7) is 4.43. The summed E-state index contributed by atoms with van der Waals surface area (Å²) in [6, 6.07) is 12.5. The van der Waals surface area contributed by atoms with Gasteiger partial charge in [0.15, 0.2) is 0 Å². The Morgan fingerprint density at radius 2 is 1.72 bits per heavy atom. The summed E-state index contributed by atoms with van der Waals surface area (Å²) in [5.74, 6) is 0.542. The van der Waals surface area contributed by atoms with Gasteiger partial charge in [0, 0.05) is 0 Å². The maximum Gasteiger partial charge on any atom is 0.346 e. The van der Waals surface area contributed by atoms with Crippen LogP contribution in [0, 0.1) is 11.7 Å². The number of rotatable bonds is 8. The van der Waals surface area contributed by atoms with Crippen LogP contribution >= 0.6 is 0 Å². The molecule has 0 atom stereocenters. The molecule has 1 aliphatic rings. The summed E-state index contributed by atoms with van der Waals surface area (Å²) in [5, 5.41) is 0. The van der Waals surface area contributed by atoms with E-state index in [-0.39, 0.29) is 5.56 Å². The number of halogens is 1. The first kappa shape index (κ1) is 21.5. The van der Waals surface area contributed by atoms with E-state index in [1.807, 2.05) is 18.2 Å². The van der Waals surface area contributed by atoms with E-state index in [1.54, 1.807) is 18.2 Å². The van der Waals surface area contributed by atoms with Crippen LogP contribution in [0.3, 0.4) is 0 Å². The molecule has 3 rings (SSSR count). The third kappa shape index (κ3) is 5.91. The van der Waals surface area contributed by atoms with Gasteiger partial charge in [0.1, 0.15) is 11.6 Å². The van der Waals surface area contributed by atoms with Gasteiger partial charge in [-0.15, -0.1) is 0 Å². The minimum atomic E-state index is -0.637. The molecule has 0 spiro atoms. The summed E-state index contributed by atoms with van der Waals surface area (Å²) < 4.78 is 20.0. The van der Waals surface area contributed by atoms with Crippen molar-refractivity contribution in [2.75, 3.05) is 0 Å². The summed E-state index contributed by atoms with van der Waals surface area (Å²) in [4.78, 5) is 12.4. The van der Waals surface area contributed by atoms with Crippen LogP contribution in [0.15, 0.2) is 42.5 Å². The Kier molecular flexibility index (Phi) is 7.85. The molecule has 0 N–H and O–H groups in total. The van der Waals surface area contributed by atoms with Gasteiger partial charge in [-0.1, -0.05) is 51.3 Å². The molecular weight excluding hydrogens is 363 g/mol. The molecule has 0 saturated heterocycles. The lowest BCUT2D eigenvalue weighted by Gasteiger charge is -2.28. The van der Waals surface area contributed by atoms with E-state index >= 15 is 0 Å². The van der Waals surface area contributed by atoms with Crippen LogP contribution in [-0.4, -0.2) is 5.97 Å². The highest BCUT2D eigenvalue weighted by atomic mass is 19.1. The third-order valence-electron chi connectivity index (χ3n) is 6.31. The molecule has 3 heteroatoms. The van der Waals surface area contributed by atoms with Gasteiger partial charge in [-0.05, 0) is 85.8 Å². The topological polar surface area (TPSA) is 26.3 Å². The second-order valence-corrected chi connectivity index (χ2v) is 8.36. The highest BCUT2D eigenvalue weighted by Gasteiger charge is 2.23. The number of hydrogen-bond acceptors (Lipinski definition) is 2. The lowest BCUT2D eigenvalue weighted by Crippen LogP contribution is -2.14. The van der Waals surface area contributed by atoms with Gasteiger partial charge in [-0.25, -0.2) is 9.18 Å². The minimum absolute atomic E-state index is 0.00279. The van der Waals surface area contributed by atoms with Gasteiger partial charge < -0.3 is 4.74 Å². The summed E-state index contributed by atoms with van der Waals surface area (Å²) in [7, 11) is 0. The first-order valence-corrected chi connectivity index (χ1v) is 11.2. The van der Waals surface area contributed by atoms with Crippen molar-refractivity contribution in [1.82, 2.24) is 0 Å². The molecule has 156 valence electrons. The van der Waals surface area contributed by atoms with Crippen molar-refractivity contribution < 1.29 is 13.9 Å². The molecule has 1 saturated carbocycles. The van der Waals surface area contributed by atoms with Crippen LogP contribution in [-0.2, 0) is 6.42 Å². The average Bonchev–Trinajstić information content (AvgIpc) is 2.75. The number of ether oxygens (including phenoxy) is 1. The van der Waals surface area contributed by atoms with Gasteiger partial charge in [0.05, 0.1) is 5.56 Å². The molecule has 1 aliphatic carbocycles. The lowest BCUT2D eigenvalue weighted by atomic mass is 9.78. The second-order valence-electron chi connectivity index (χ2n) is 8.36. The number of aryl methyl sites for hydroxylation is 1. The molecule has 2 nitrogen and oxygen atoms in total. The third-order valence-corrected chi connectivity index (χ3v) is 6.31. The molecule has 0 radical (unpaired) electrons. The number of unbranched alkanes of at least 4 members (excludes halogenated alkanes) is 2. The second kappa shape index (κ2) is 10.6. The Morgan fingerprint density at radius 1 is 1.00 bits per heavy atom. The predicted octanol–water partition coefficient (Wildman–Crippen LogP) is 7.46. The lowest BCUT2D eigenvalue weighted by molar-refractivity contribution is 0.0730. The standard InChI is InChI=1S/C26H33FO2/c1-3-5-6-7-20-10-15-23(16-11-20)29-26(28)24-17-14-22(18-25(24)27)21-12-8-19(4-2)9-13-21/h10-11,14-19,21H,3-9,12-13H2,1-2H3.